The highest BCUT2D eigenvalue weighted by molar-refractivity contribution is 5.76. The third kappa shape index (κ3) is 2.81. The molecule has 0 aromatic carbocycles. The van der Waals surface area contributed by atoms with Crippen LogP contribution in [-0.2, 0) is 11.3 Å². The Labute approximate surface area is 114 Å². The molecular weight excluding hydrogens is 240 g/mol. The van der Waals surface area contributed by atoms with Crippen LogP contribution in [0.1, 0.15) is 32.1 Å². The smallest absolute Gasteiger partial charge is 0.224 e. The Kier molecular flexibility index (Phi) is 3.55. The average Bonchev–Trinajstić information content (AvgIpc) is 3.05. The molecule has 2 unspecified atom stereocenters. The number of hydrogen-bond acceptors (Lipinski definition) is 3. The third-order valence-corrected chi connectivity index (χ3v) is 4.53. The van der Waals surface area contributed by atoms with Gasteiger partial charge in [0, 0.05) is 50.5 Å². The van der Waals surface area contributed by atoms with Crippen molar-refractivity contribution in [2.75, 3.05) is 7.05 Å². The Bertz CT molecular complexity index is 419. The second-order valence-electron chi connectivity index (χ2n) is 5.82. The summed E-state index contributed by atoms with van der Waals surface area (Å²) >= 11 is 0. The monoisotopic (exact) mass is 262 g/mol. The van der Waals surface area contributed by atoms with Gasteiger partial charge in [0.15, 0.2) is 0 Å². The lowest BCUT2D eigenvalue weighted by Gasteiger charge is -2.35. The van der Waals surface area contributed by atoms with Crippen LogP contribution in [0, 0.1) is 0 Å². The molecule has 2 bridgehead atoms. The minimum Gasteiger partial charge on any atom is -0.343 e. The van der Waals surface area contributed by atoms with Crippen molar-refractivity contribution in [1.82, 2.24) is 19.8 Å². The van der Waals surface area contributed by atoms with Gasteiger partial charge in [0.2, 0.25) is 5.91 Å². The van der Waals surface area contributed by atoms with Gasteiger partial charge in [-0.1, -0.05) is 0 Å². The van der Waals surface area contributed by atoms with Crippen LogP contribution >= 0.6 is 0 Å². The SMILES string of the molecule is CN(C(=O)CCn1ccnc1)C1CC2CCC(C1)N2. The predicted molar refractivity (Wildman–Crippen MR) is 72.6 cm³/mol. The van der Waals surface area contributed by atoms with E-state index in [0.29, 0.717) is 24.5 Å². The zero-order valence-electron chi connectivity index (χ0n) is 11.5. The molecule has 3 heterocycles. The largest absolute Gasteiger partial charge is 0.343 e. The van der Waals surface area contributed by atoms with E-state index in [1.165, 1.54) is 12.8 Å². The molecule has 5 nitrogen and oxygen atoms in total. The summed E-state index contributed by atoms with van der Waals surface area (Å²) in [5.41, 5.74) is 0. The lowest BCUT2D eigenvalue weighted by atomic mass is 9.98. The van der Waals surface area contributed by atoms with Gasteiger partial charge in [0.1, 0.15) is 0 Å². The van der Waals surface area contributed by atoms with Crippen LogP contribution in [-0.4, -0.2) is 45.5 Å². The fourth-order valence-corrected chi connectivity index (χ4v) is 3.37. The van der Waals surface area contributed by atoms with E-state index in [1.807, 2.05) is 22.7 Å². The van der Waals surface area contributed by atoms with Gasteiger partial charge >= 0.3 is 0 Å². The van der Waals surface area contributed by atoms with E-state index in [2.05, 4.69) is 10.3 Å². The molecule has 2 aliphatic heterocycles. The van der Waals surface area contributed by atoms with Gasteiger partial charge in [-0.25, -0.2) is 4.98 Å². The molecule has 0 saturated carbocycles. The van der Waals surface area contributed by atoms with Gasteiger partial charge in [-0.3, -0.25) is 4.79 Å². The number of fused-ring (bicyclic) bond motifs is 2. The normalized spacial score (nSPS) is 29.4. The summed E-state index contributed by atoms with van der Waals surface area (Å²) in [5, 5.41) is 3.62. The summed E-state index contributed by atoms with van der Waals surface area (Å²) in [5.74, 6) is 0.250. The first-order valence-corrected chi connectivity index (χ1v) is 7.20. The second-order valence-corrected chi connectivity index (χ2v) is 5.82. The molecule has 0 spiro atoms. The van der Waals surface area contributed by atoms with E-state index < -0.39 is 0 Å². The average molecular weight is 262 g/mol. The van der Waals surface area contributed by atoms with Crippen molar-refractivity contribution in [3.63, 3.8) is 0 Å². The molecule has 2 fully saturated rings. The molecule has 1 aromatic heterocycles. The minimum atomic E-state index is 0.250. The summed E-state index contributed by atoms with van der Waals surface area (Å²) in [7, 11) is 1.96. The Morgan fingerprint density at radius 1 is 1.42 bits per heavy atom. The van der Waals surface area contributed by atoms with Crippen molar-refractivity contribution in [2.24, 2.45) is 0 Å². The molecule has 2 saturated heterocycles. The zero-order chi connectivity index (χ0) is 13.2. The molecule has 0 aliphatic carbocycles. The van der Waals surface area contributed by atoms with Gasteiger partial charge in [0.05, 0.1) is 6.33 Å². The maximum Gasteiger partial charge on any atom is 0.224 e. The van der Waals surface area contributed by atoms with Gasteiger partial charge in [-0.15, -0.1) is 0 Å². The van der Waals surface area contributed by atoms with E-state index in [1.54, 1.807) is 12.5 Å². The number of piperidine rings is 1. The second kappa shape index (κ2) is 5.33. The molecule has 0 radical (unpaired) electrons. The number of imidazole rings is 1. The summed E-state index contributed by atoms with van der Waals surface area (Å²) in [6.07, 6.45) is 10.8. The standard InChI is InChI=1S/C14H22N4O/c1-17(13-8-11-2-3-12(9-13)16-11)14(19)4-6-18-7-5-15-10-18/h5,7,10-13,16H,2-4,6,8-9H2,1H3. The Morgan fingerprint density at radius 3 is 2.79 bits per heavy atom. The fourth-order valence-electron chi connectivity index (χ4n) is 3.37. The number of hydrogen-bond donors (Lipinski definition) is 1. The highest BCUT2D eigenvalue weighted by atomic mass is 16.2. The van der Waals surface area contributed by atoms with Crippen molar-refractivity contribution >= 4 is 5.91 Å². The topological polar surface area (TPSA) is 50.2 Å². The van der Waals surface area contributed by atoms with Crippen molar-refractivity contribution in [1.29, 1.82) is 0 Å². The highest BCUT2D eigenvalue weighted by Gasteiger charge is 2.36. The molecule has 2 aliphatic rings. The maximum atomic E-state index is 12.2. The zero-order valence-corrected chi connectivity index (χ0v) is 11.5. The van der Waals surface area contributed by atoms with Crippen LogP contribution < -0.4 is 5.32 Å². The van der Waals surface area contributed by atoms with Gasteiger partial charge in [-0.2, -0.15) is 0 Å². The molecule has 1 aromatic rings. The number of carbonyl (C=O) groups excluding carboxylic acids is 1. The van der Waals surface area contributed by atoms with Crippen LogP contribution in [0.25, 0.3) is 0 Å². The summed E-state index contributed by atoms with van der Waals surface area (Å²) < 4.78 is 1.96. The Hall–Kier alpha value is -1.36. The van der Waals surface area contributed by atoms with E-state index in [-0.39, 0.29) is 5.91 Å². The van der Waals surface area contributed by atoms with Crippen LogP contribution in [0.2, 0.25) is 0 Å². The van der Waals surface area contributed by atoms with E-state index in [4.69, 9.17) is 0 Å². The first-order chi connectivity index (χ1) is 9.22. The Balaban J connectivity index is 1.51. The molecule has 1 amide bonds. The number of nitrogens with zero attached hydrogens (tertiary/aromatic N) is 3. The first kappa shape index (κ1) is 12.7. The summed E-state index contributed by atoms with van der Waals surface area (Å²) in [6, 6.07) is 1.69. The molecule has 19 heavy (non-hydrogen) atoms. The lowest BCUT2D eigenvalue weighted by Crippen LogP contribution is -2.48. The van der Waals surface area contributed by atoms with Gasteiger partial charge < -0.3 is 14.8 Å². The Morgan fingerprint density at radius 2 is 2.16 bits per heavy atom. The van der Waals surface area contributed by atoms with Crippen LogP contribution in [0.4, 0.5) is 0 Å². The maximum absolute atomic E-state index is 12.2. The summed E-state index contributed by atoms with van der Waals surface area (Å²) in [6.45, 7) is 0.723. The predicted octanol–water partition coefficient (Wildman–Crippen LogP) is 1.01. The van der Waals surface area contributed by atoms with Crippen LogP contribution in [0.15, 0.2) is 18.7 Å². The van der Waals surface area contributed by atoms with Crippen LogP contribution in [0.5, 0.6) is 0 Å². The molecule has 2 atom stereocenters. The van der Waals surface area contributed by atoms with Gasteiger partial charge in [0.25, 0.3) is 0 Å². The lowest BCUT2D eigenvalue weighted by molar-refractivity contribution is -0.132. The molecule has 3 rings (SSSR count). The first-order valence-electron chi connectivity index (χ1n) is 7.20. The summed E-state index contributed by atoms with van der Waals surface area (Å²) in [4.78, 5) is 18.2. The quantitative estimate of drug-likeness (QED) is 0.881. The number of nitrogens with one attached hydrogen (secondary N) is 1. The van der Waals surface area contributed by atoms with Crippen molar-refractivity contribution < 1.29 is 4.79 Å². The number of aromatic nitrogens is 2. The molecular formula is C14H22N4O. The number of aryl methyl sites for hydroxylation is 1. The van der Waals surface area contributed by atoms with Crippen molar-refractivity contribution in [3.05, 3.63) is 18.7 Å². The van der Waals surface area contributed by atoms with E-state index in [0.717, 1.165) is 19.4 Å². The fraction of sp³-hybridized carbons (Fsp3) is 0.714. The van der Waals surface area contributed by atoms with E-state index in [9.17, 15) is 4.79 Å². The number of amides is 1. The molecule has 104 valence electrons. The van der Waals surface area contributed by atoms with Crippen LogP contribution in [0.3, 0.4) is 0 Å². The number of carbonyl (C=O) groups is 1. The molecule has 5 heteroatoms. The third-order valence-electron chi connectivity index (χ3n) is 4.53. The van der Waals surface area contributed by atoms with Crippen molar-refractivity contribution in [2.45, 2.75) is 56.8 Å². The molecule has 1 N–H and O–H groups in total. The van der Waals surface area contributed by atoms with Crippen molar-refractivity contribution in [3.8, 4) is 0 Å². The van der Waals surface area contributed by atoms with E-state index >= 15 is 0 Å². The minimum absolute atomic E-state index is 0.250. The van der Waals surface area contributed by atoms with Gasteiger partial charge in [-0.05, 0) is 25.7 Å². The number of rotatable bonds is 4. The highest BCUT2D eigenvalue weighted by Crippen LogP contribution is 2.29.